The lowest BCUT2D eigenvalue weighted by Crippen LogP contribution is -2.18. The van der Waals surface area contributed by atoms with Crippen molar-refractivity contribution >= 4 is 45.3 Å². The number of aromatic hydroxyl groups is 2. The third-order valence-electron chi connectivity index (χ3n) is 7.92. The van der Waals surface area contributed by atoms with Crippen molar-refractivity contribution in [2.24, 2.45) is 0 Å². The van der Waals surface area contributed by atoms with E-state index in [9.17, 15) is 10.2 Å². The normalized spacial score (nSPS) is 12.4. The molecule has 10 heteroatoms. The molecule has 8 nitrogen and oxygen atoms in total. The van der Waals surface area contributed by atoms with Crippen molar-refractivity contribution in [2.45, 2.75) is 85.5 Å². The molecule has 0 aliphatic heterocycles. The van der Waals surface area contributed by atoms with Gasteiger partial charge in [-0.3, -0.25) is 0 Å². The smallest absolute Gasteiger partial charge is 0.146 e. The summed E-state index contributed by atoms with van der Waals surface area (Å²) in [5, 5.41) is 40.7. The highest BCUT2D eigenvalue weighted by Crippen LogP contribution is 2.39. The zero-order chi connectivity index (χ0) is 34.6. The van der Waals surface area contributed by atoms with Crippen LogP contribution in [-0.2, 0) is 16.2 Å². The first-order chi connectivity index (χ1) is 21.7. The summed E-state index contributed by atoms with van der Waals surface area (Å²) in [4.78, 5) is 2.97. The van der Waals surface area contributed by atoms with Gasteiger partial charge < -0.3 is 10.2 Å². The van der Waals surface area contributed by atoms with E-state index in [4.69, 9.17) is 23.2 Å². The minimum atomic E-state index is -0.198. The van der Waals surface area contributed by atoms with Gasteiger partial charge in [-0.15, -0.1) is 30.0 Å². The summed E-state index contributed by atoms with van der Waals surface area (Å²) in [6, 6.07) is 18.7. The van der Waals surface area contributed by atoms with E-state index in [1.807, 2.05) is 37.3 Å². The molecule has 0 fully saturated rings. The molecule has 6 rings (SSSR count). The maximum Gasteiger partial charge on any atom is 0.146 e. The maximum atomic E-state index is 10.9. The van der Waals surface area contributed by atoms with E-state index in [0.29, 0.717) is 32.5 Å². The summed E-state index contributed by atoms with van der Waals surface area (Å²) in [6.45, 7) is 20.9. The van der Waals surface area contributed by atoms with Crippen molar-refractivity contribution in [1.29, 1.82) is 0 Å². The zero-order valence-electron chi connectivity index (χ0n) is 28.6. The van der Waals surface area contributed by atoms with Crippen LogP contribution in [0.4, 0.5) is 0 Å². The first kappa shape index (κ1) is 34.2. The Morgan fingerprint density at radius 2 is 0.915 bits per heavy atom. The molecule has 47 heavy (non-hydrogen) atoms. The van der Waals surface area contributed by atoms with Crippen molar-refractivity contribution < 1.29 is 10.2 Å². The fourth-order valence-corrected chi connectivity index (χ4v) is 5.58. The topological polar surface area (TPSA) is 102 Å². The number of phenols is 2. The average Bonchev–Trinajstić information content (AvgIpc) is 3.56. The standard InChI is InChI=1S/C20H24ClN3O.C17H18ClN3O/c1-19(2,3)12-9-14(20(4,5)6)18(25)17(10-12)24-22-15-8-7-13(21)11-16(15)23-24;1-10-7-12(17(2,3)4)16(22)15(8-10)21-19-13-6-5-11(18)9-14(13)20-21/h7-11,25H,1-6H3;5-9,22H,1-4H3. The second kappa shape index (κ2) is 12.1. The van der Waals surface area contributed by atoms with Crippen LogP contribution in [0.2, 0.25) is 10.0 Å². The number of fused-ring (bicyclic) bond motifs is 2. The number of benzene rings is 4. The van der Waals surface area contributed by atoms with Gasteiger partial charge in [-0.05, 0) is 82.8 Å². The van der Waals surface area contributed by atoms with Crippen molar-refractivity contribution in [3.63, 3.8) is 0 Å². The van der Waals surface area contributed by atoms with Crippen molar-refractivity contribution in [1.82, 2.24) is 30.0 Å². The number of aryl methyl sites for hydroxylation is 1. The fraction of sp³-hybridized carbons (Fsp3) is 0.351. The molecular weight excluding hydrogens is 631 g/mol. The van der Waals surface area contributed by atoms with Crippen molar-refractivity contribution in [3.05, 3.63) is 93.0 Å². The molecule has 0 saturated heterocycles. The SMILES string of the molecule is CC(C)(C)c1cc(-n2nc3ccc(Cl)cc3n2)c(O)c(C(C)(C)C)c1.Cc1cc(-n2nc3ccc(Cl)cc3n2)c(O)c(C(C)(C)C)c1. The van der Waals surface area contributed by atoms with Gasteiger partial charge in [0.15, 0.2) is 0 Å². The molecule has 0 saturated carbocycles. The first-order valence-corrected chi connectivity index (χ1v) is 16.3. The number of aromatic nitrogens is 6. The predicted octanol–water partition coefficient (Wildman–Crippen LogP) is 9.76. The van der Waals surface area contributed by atoms with E-state index in [-0.39, 0.29) is 27.7 Å². The molecule has 0 unspecified atom stereocenters. The summed E-state index contributed by atoms with van der Waals surface area (Å²) in [5.74, 6) is 0.427. The molecule has 6 aromatic rings. The Morgan fingerprint density at radius 3 is 1.34 bits per heavy atom. The summed E-state index contributed by atoms with van der Waals surface area (Å²) < 4.78 is 0. The highest BCUT2D eigenvalue weighted by Gasteiger charge is 2.27. The predicted molar refractivity (Wildman–Crippen MR) is 192 cm³/mol. The van der Waals surface area contributed by atoms with E-state index in [1.165, 1.54) is 9.59 Å². The Balaban J connectivity index is 0.000000186. The summed E-state index contributed by atoms with van der Waals surface area (Å²) >= 11 is 12.0. The molecule has 0 spiro atoms. The molecule has 0 bridgehead atoms. The molecule has 0 radical (unpaired) electrons. The molecule has 246 valence electrons. The van der Waals surface area contributed by atoms with Crippen LogP contribution in [0.1, 0.15) is 84.6 Å². The fourth-order valence-electron chi connectivity index (χ4n) is 5.25. The van der Waals surface area contributed by atoms with Crippen molar-refractivity contribution in [3.8, 4) is 22.9 Å². The zero-order valence-corrected chi connectivity index (χ0v) is 30.1. The maximum absolute atomic E-state index is 10.9. The van der Waals surface area contributed by atoms with Gasteiger partial charge >= 0.3 is 0 Å². The van der Waals surface area contributed by atoms with Crippen molar-refractivity contribution in [2.75, 3.05) is 0 Å². The monoisotopic (exact) mass is 672 g/mol. The molecule has 2 heterocycles. The Labute approximate surface area is 286 Å². The third-order valence-corrected chi connectivity index (χ3v) is 8.39. The van der Waals surface area contributed by atoms with Crippen LogP contribution in [0.15, 0.2) is 60.7 Å². The van der Waals surface area contributed by atoms with Gasteiger partial charge in [0, 0.05) is 21.2 Å². The van der Waals surface area contributed by atoms with E-state index in [2.05, 4.69) is 88.8 Å². The molecule has 4 aromatic carbocycles. The Kier molecular flexibility index (Phi) is 8.84. The van der Waals surface area contributed by atoms with Gasteiger partial charge in [0.2, 0.25) is 0 Å². The summed E-state index contributed by atoms with van der Waals surface area (Å²) in [6.07, 6.45) is 0. The lowest BCUT2D eigenvalue weighted by molar-refractivity contribution is 0.438. The molecule has 0 amide bonds. The minimum absolute atomic E-state index is 0.0572. The van der Waals surface area contributed by atoms with Gasteiger partial charge in [-0.1, -0.05) is 97.6 Å². The van der Waals surface area contributed by atoms with Crippen LogP contribution in [0, 0.1) is 6.92 Å². The van der Waals surface area contributed by atoms with Gasteiger partial charge in [0.1, 0.15) is 44.9 Å². The number of rotatable bonds is 2. The average molecular weight is 674 g/mol. The highest BCUT2D eigenvalue weighted by molar-refractivity contribution is 6.31. The largest absolute Gasteiger partial charge is 0.505 e. The van der Waals surface area contributed by atoms with Crippen LogP contribution >= 0.6 is 23.2 Å². The van der Waals surface area contributed by atoms with E-state index < -0.39 is 0 Å². The Bertz CT molecular complexity index is 2110. The number of phenolic OH excluding ortho intramolecular Hbond substituents is 2. The number of halogens is 2. The third kappa shape index (κ3) is 7.24. The summed E-state index contributed by atoms with van der Waals surface area (Å²) in [5.41, 5.74) is 7.57. The van der Waals surface area contributed by atoms with Gasteiger partial charge in [0.25, 0.3) is 0 Å². The highest BCUT2D eigenvalue weighted by atomic mass is 35.5. The molecule has 0 aliphatic carbocycles. The second-order valence-corrected chi connectivity index (χ2v) is 15.9. The van der Waals surface area contributed by atoms with Crippen LogP contribution in [0.25, 0.3) is 33.4 Å². The molecule has 0 aliphatic rings. The molecule has 0 atom stereocenters. The molecule has 2 N–H and O–H groups in total. The summed E-state index contributed by atoms with van der Waals surface area (Å²) in [7, 11) is 0. The first-order valence-electron chi connectivity index (χ1n) is 15.5. The van der Waals surface area contributed by atoms with Gasteiger partial charge in [-0.25, -0.2) is 0 Å². The second-order valence-electron chi connectivity index (χ2n) is 15.1. The lowest BCUT2D eigenvalue weighted by Gasteiger charge is -2.27. The van der Waals surface area contributed by atoms with Crippen LogP contribution in [0.5, 0.6) is 11.5 Å². The van der Waals surface area contributed by atoms with E-state index in [0.717, 1.165) is 33.3 Å². The molecular formula is C37H42Cl2N6O2. The number of hydrogen-bond donors (Lipinski definition) is 2. The molecule has 2 aromatic heterocycles. The van der Waals surface area contributed by atoms with Gasteiger partial charge in [-0.2, -0.15) is 0 Å². The Morgan fingerprint density at radius 1 is 0.511 bits per heavy atom. The Hall–Kier alpha value is -4.14. The minimum Gasteiger partial charge on any atom is -0.505 e. The number of hydrogen-bond acceptors (Lipinski definition) is 6. The van der Waals surface area contributed by atoms with E-state index in [1.54, 1.807) is 24.3 Å². The van der Waals surface area contributed by atoms with Crippen LogP contribution < -0.4 is 0 Å². The quantitative estimate of drug-likeness (QED) is 0.190. The lowest BCUT2D eigenvalue weighted by atomic mass is 9.80. The van der Waals surface area contributed by atoms with Gasteiger partial charge in [0.05, 0.1) is 0 Å². The van der Waals surface area contributed by atoms with E-state index >= 15 is 0 Å². The number of nitrogens with zero attached hydrogens (tertiary/aromatic N) is 6. The van der Waals surface area contributed by atoms with Crippen LogP contribution in [0.3, 0.4) is 0 Å². The van der Waals surface area contributed by atoms with Crippen LogP contribution in [-0.4, -0.2) is 40.2 Å².